The molecule has 0 aromatic carbocycles. The minimum atomic E-state index is -0.808. The third-order valence-corrected chi connectivity index (χ3v) is 4.19. The molecule has 0 amide bonds. The average Bonchev–Trinajstić information content (AvgIpc) is 2.57. The highest BCUT2D eigenvalue weighted by Gasteiger charge is 2.18. The number of carbonyl (C=O) groups excluding carboxylic acids is 2. The largest absolute Gasteiger partial charge is 0.463 e. The second-order valence-electron chi connectivity index (χ2n) is 6.85. The van der Waals surface area contributed by atoms with Gasteiger partial charge >= 0.3 is 11.9 Å². The zero-order valence-electron chi connectivity index (χ0n) is 16.5. The van der Waals surface area contributed by atoms with E-state index in [4.69, 9.17) is 15.9 Å². The molecule has 0 unspecified atom stereocenters. The van der Waals surface area contributed by atoms with Gasteiger partial charge in [-0.25, -0.2) is 0 Å². The summed E-state index contributed by atoms with van der Waals surface area (Å²) >= 11 is 0. The van der Waals surface area contributed by atoms with Crippen molar-refractivity contribution in [2.45, 2.75) is 103 Å². The average molecular weight is 369 g/mol. The van der Waals surface area contributed by atoms with Gasteiger partial charge in [0, 0.05) is 26.7 Å². The Morgan fingerprint density at radius 1 is 0.923 bits per heavy atom. The van der Waals surface area contributed by atoms with Crippen molar-refractivity contribution in [2.24, 2.45) is 0 Å². The van der Waals surface area contributed by atoms with Gasteiger partial charge in [-0.1, -0.05) is 44.9 Å². The Balaban J connectivity index is 3.75. The van der Waals surface area contributed by atoms with Gasteiger partial charge in [-0.05, 0) is 19.3 Å². The quantitative estimate of drug-likeness (QED) is 0.252. The van der Waals surface area contributed by atoms with Gasteiger partial charge in [0.2, 0.25) is 0 Å². The summed E-state index contributed by atoms with van der Waals surface area (Å²) in [6, 6.07) is 0. The molecule has 26 heavy (non-hydrogen) atoms. The fourth-order valence-electron chi connectivity index (χ4n) is 2.88. The molecular formula is C21H36O5. The number of aliphatic hydroxyl groups is 1. The third kappa shape index (κ3) is 17.3. The van der Waals surface area contributed by atoms with Gasteiger partial charge in [0.25, 0.3) is 0 Å². The van der Waals surface area contributed by atoms with Gasteiger partial charge < -0.3 is 14.6 Å². The SMILES string of the molecule is C#CCCCCCCCCCCC[C@@H](C[C@H](O)COC(C)=O)OC(C)=O. The van der Waals surface area contributed by atoms with E-state index < -0.39 is 12.1 Å². The molecule has 0 aliphatic rings. The summed E-state index contributed by atoms with van der Waals surface area (Å²) < 4.78 is 10.0. The summed E-state index contributed by atoms with van der Waals surface area (Å²) in [7, 11) is 0. The van der Waals surface area contributed by atoms with Crippen LogP contribution in [0.15, 0.2) is 0 Å². The van der Waals surface area contributed by atoms with Crippen molar-refractivity contribution >= 4 is 11.9 Å². The molecule has 0 radical (unpaired) electrons. The lowest BCUT2D eigenvalue weighted by Crippen LogP contribution is -2.26. The van der Waals surface area contributed by atoms with E-state index in [1.54, 1.807) is 0 Å². The van der Waals surface area contributed by atoms with Gasteiger partial charge in [-0.3, -0.25) is 9.59 Å². The summed E-state index contributed by atoms with van der Waals surface area (Å²) in [5, 5.41) is 9.88. The van der Waals surface area contributed by atoms with Gasteiger partial charge in [-0.2, -0.15) is 0 Å². The smallest absolute Gasteiger partial charge is 0.302 e. The van der Waals surface area contributed by atoms with E-state index in [-0.39, 0.29) is 18.7 Å². The number of unbranched alkanes of at least 4 members (excludes halogenated alkanes) is 9. The van der Waals surface area contributed by atoms with E-state index in [2.05, 4.69) is 5.92 Å². The zero-order chi connectivity index (χ0) is 19.6. The maximum atomic E-state index is 11.2. The molecular weight excluding hydrogens is 332 g/mol. The Morgan fingerprint density at radius 2 is 1.46 bits per heavy atom. The Bertz CT molecular complexity index is 413. The van der Waals surface area contributed by atoms with Crippen molar-refractivity contribution in [3.05, 3.63) is 0 Å². The van der Waals surface area contributed by atoms with Crippen LogP contribution in [0.1, 0.15) is 90.9 Å². The van der Waals surface area contributed by atoms with Crippen LogP contribution in [-0.2, 0) is 19.1 Å². The minimum Gasteiger partial charge on any atom is -0.463 e. The van der Waals surface area contributed by atoms with E-state index in [0.717, 1.165) is 32.1 Å². The summed E-state index contributed by atoms with van der Waals surface area (Å²) in [4.78, 5) is 22.0. The third-order valence-electron chi connectivity index (χ3n) is 4.19. The molecule has 0 heterocycles. The summed E-state index contributed by atoms with van der Waals surface area (Å²) in [5.74, 6) is 1.89. The highest BCUT2D eigenvalue weighted by molar-refractivity contribution is 5.66. The van der Waals surface area contributed by atoms with Crippen LogP contribution in [0.5, 0.6) is 0 Å². The molecule has 150 valence electrons. The van der Waals surface area contributed by atoms with Gasteiger partial charge in [0.15, 0.2) is 0 Å². The maximum Gasteiger partial charge on any atom is 0.302 e. The van der Waals surface area contributed by atoms with E-state index in [9.17, 15) is 14.7 Å². The molecule has 0 aliphatic heterocycles. The predicted octanol–water partition coefficient (Wildman–Crippen LogP) is 4.16. The van der Waals surface area contributed by atoms with Crippen LogP contribution in [0, 0.1) is 12.3 Å². The van der Waals surface area contributed by atoms with Crippen LogP contribution >= 0.6 is 0 Å². The molecule has 0 spiro atoms. The lowest BCUT2D eigenvalue weighted by Gasteiger charge is -2.20. The molecule has 0 saturated carbocycles. The van der Waals surface area contributed by atoms with Crippen molar-refractivity contribution in [3.8, 4) is 12.3 Å². The Hall–Kier alpha value is -1.54. The summed E-state index contributed by atoms with van der Waals surface area (Å²) in [6.07, 6.45) is 16.6. The van der Waals surface area contributed by atoms with Crippen molar-refractivity contribution < 1.29 is 24.2 Å². The highest BCUT2D eigenvalue weighted by Crippen LogP contribution is 2.16. The Kier molecular flexibility index (Phi) is 15.9. The Morgan fingerprint density at radius 3 is 1.96 bits per heavy atom. The van der Waals surface area contributed by atoms with E-state index in [1.165, 1.54) is 52.4 Å². The van der Waals surface area contributed by atoms with Crippen LogP contribution < -0.4 is 0 Å². The van der Waals surface area contributed by atoms with Crippen LogP contribution in [0.3, 0.4) is 0 Å². The van der Waals surface area contributed by atoms with Crippen LogP contribution in [0.2, 0.25) is 0 Å². The standard InChI is InChI=1S/C21H36O5/c1-4-5-6-7-8-9-10-11-12-13-14-15-21(26-19(3)23)16-20(24)17-25-18(2)22/h1,20-21,24H,5-17H2,2-3H3/t20-,21-/m0/s1. The van der Waals surface area contributed by atoms with Crippen molar-refractivity contribution in [1.29, 1.82) is 0 Å². The molecule has 5 nitrogen and oxygen atoms in total. The maximum absolute atomic E-state index is 11.2. The zero-order valence-corrected chi connectivity index (χ0v) is 16.5. The van der Waals surface area contributed by atoms with Crippen LogP contribution in [0.4, 0.5) is 0 Å². The number of carbonyl (C=O) groups is 2. The topological polar surface area (TPSA) is 72.8 Å². The van der Waals surface area contributed by atoms with Crippen LogP contribution in [0.25, 0.3) is 0 Å². The molecule has 0 aliphatic carbocycles. The first-order chi connectivity index (χ1) is 12.5. The lowest BCUT2D eigenvalue weighted by molar-refractivity contribution is -0.151. The van der Waals surface area contributed by atoms with Gasteiger partial charge in [0.1, 0.15) is 12.7 Å². The predicted molar refractivity (Wildman–Crippen MR) is 102 cm³/mol. The summed E-state index contributed by atoms with van der Waals surface area (Å²) in [5.41, 5.74) is 0. The monoisotopic (exact) mass is 368 g/mol. The number of rotatable bonds is 16. The van der Waals surface area contributed by atoms with E-state index >= 15 is 0 Å². The number of ether oxygens (including phenoxy) is 2. The molecule has 0 saturated heterocycles. The van der Waals surface area contributed by atoms with Crippen molar-refractivity contribution in [1.82, 2.24) is 0 Å². The van der Waals surface area contributed by atoms with Crippen molar-refractivity contribution in [3.63, 3.8) is 0 Å². The summed E-state index contributed by atoms with van der Waals surface area (Å²) in [6.45, 7) is 2.61. The first-order valence-corrected chi connectivity index (χ1v) is 9.87. The van der Waals surface area contributed by atoms with E-state index in [1.807, 2.05) is 0 Å². The molecule has 0 bridgehead atoms. The molecule has 2 atom stereocenters. The number of terminal acetylenes is 1. The Labute approximate surface area is 158 Å². The molecule has 0 aromatic rings. The normalized spacial score (nSPS) is 12.8. The van der Waals surface area contributed by atoms with E-state index in [0.29, 0.717) is 6.42 Å². The second kappa shape index (κ2) is 16.9. The number of esters is 2. The number of hydrogen-bond donors (Lipinski definition) is 1. The molecule has 0 fully saturated rings. The molecule has 0 aromatic heterocycles. The second-order valence-corrected chi connectivity index (χ2v) is 6.85. The number of hydrogen-bond acceptors (Lipinski definition) is 5. The minimum absolute atomic E-state index is 0.0611. The fourth-order valence-corrected chi connectivity index (χ4v) is 2.88. The van der Waals surface area contributed by atoms with Gasteiger partial charge in [-0.15, -0.1) is 12.3 Å². The molecule has 1 N–H and O–H groups in total. The molecule has 5 heteroatoms. The lowest BCUT2D eigenvalue weighted by atomic mass is 10.0. The highest BCUT2D eigenvalue weighted by atomic mass is 16.5. The first kappa shape index (κ1) is 24.5. The van der Waals surface area contributed by atoms with Gasteiger partial charge in [0.05, 0.1) is 6.10 Å². The first-order valence-electron chi connectivity index (χ1n) is 9.87. The van der Waals surface area contributed by atoms with Crippen LogP contribution in [-0.4, -0.2) is 35.9 Å². The number of aliphatic hydroxyl groups excluding tert-OH is 1. The molecule has 0 rings (SSSR count). The van der Waals surface area contributed by atoms with Crippen molar-refractivity contribution in [2.75, 3.05) is 6.61 Å². The fraction of sp³-hybridized carbons (Fsp3) is 0.810.